The standard InChI is InChI=1S/C14H20N6O/c1-3-10-5-14(16-13(4-2)15-10)19-7-12(8-19)20-6-11(9-21)17-18-20/h5-6,12,21H,3-4,7-9H2,1-2H3. The Bertz CT molecular complexity index is 597. The number of aryl methyl sites for hydroxylation is 2. The van der Waals surface area contributed by atoms with E-state index >= 15 is 0 Å². The van der Waals surface area contributed by atoms with Crippen molar-refractivity contribution in [1.82, 2.24) is 25.0 Å². The van der Waals surface area contributed by atoms with Crippen molar-refractivity contribution in [2.45, 2.75) is 39.3 Å². The molecule has 1 N–H and O–H groups in total. The lowest BCUT2D eigenvalue weighted by molar-refractivity contribution is 0.276. The van der Waals surface area contributed by atoms with Gasteiger partial charge in [0, 0.05) is 31.3 Å². The molecule has 0 bridgehead atoms. The number of nitrogens with zero attached hydrogens (tertiary/aromatic N) is 6. The molecular weight excluding hydrogens is 268 g/mol. The Balaban J connectivity index is 1.70. The summed E-state index contributed by atoms with van der Waals surface area (Å²) < 4.78 is 1.82. The third-order valence-electron chi connectivity index (χ3n) is 3.77. The molecule has 0 aromatic carbocycles. The normalized spacial score (nSPS) is 15.3. The minimum atomic E-state index is -0.0674. The summed E-state index contributed by atoms with van der Waals surface area (Å²) in [6.07, 6.45) is 3.57. The highest BCUT2D eigenvalue weighted by Gasteiger charge is 2.30. The lowest BCUT2D eigenvalue weighted by Crippen LogP contribution is -2.48. The summed E-state index contributed by atoms with van der Waals surface area (Å²) in [7, 11) is 0. The third kappa shape index (κ3) is 2.73. The first kappa shape index (κ1) is 13.9. The van der Waals surface area contributed by atoms with E-state index < -0.39 is 0 Å². The fraction of sp³-hybridized carbons (Fsp3) is 0.571. The lowest BCUT2D eigenvalue weighted by atomic mass is 10.1. The fourth-order valence-corrected chi connectivity index (χ4v) is 2.41. The van der Waals surface area contributed by atoms with Gasteiger partial charge in [-0.25, -0.2) is 14.6 Å². The SMILES string of the molecule is CCc1cc(N2CC(n3cc(CO)nn3)C2)nc(CC)n1. The van der Waals surface area contributed by atoms with Crippen LogP contribution in [0.5, 0.6) is 0 Å². The molecule has 21 heavy (non-hydrogen) atoms. The van der Waals surface area contributed by atoms with E-state index in [1.165, 1.54) is 0 Å². The van der Waals surface area contributed by atoms with Crippen LogP contribution in [0.3, 0.4) is 0 Å². The molecular formula is C14H20N6O. The summed E-state index contributed by atoms with van der Waals surface area (Å²) in [5.41, 5.74) is 1.70. The van der Waals surface area contributed by atoms with Crippen molar-refractivity contribution in [2.24, 2.45) is 0 Å². The first-order chi connectivity index (χ1) is 10.2. The summed E-state index contributed by atoms with van der Waals surface area (Å²) in [6.45, 7) is 5.83. The molecule has 7 nitrogen and oxygen atoms in total. The summed E-state index contributed by atoms with van der Waals surface area (Å²) in [6, 6.07) is 2.36. The number of anilines is 1. The van der Waals surface area contributed by atoms with E-state index in [1.54, 1.807) is 6.20 Å². The molecule has 112 valence electrons. The van der Waals surface area contributed by atoms with Crippen LogP contribution in [0.4, 0.5) is 5.82 Å². The zero-order chi connectivity index (χ0) is 14.8. The smallest absolute Gasteiger partial charge is 0.132 e. The van der Waals surface area contributed by atoms with Gasteiger partial charge >= 0.3 is 0 Å². The topological polar surface area (TPSA) is 80.0 Å². The maximum atomic E-state index is 9.03. The second-order valence-corrected chi connectivity index (χ2v) is 5.25. The highest BCUT2D eigenvalue weighted by molar-refractivity contribution is 5.43. The van der Waals surface area contributed by atoms with Gasteiger partial charge in [-0.2, -0.15) is 0 Å². The van der Waals surface area contributed by atoms with Gasteiger partial charge in [0.15, 0.2) is 0 Å². The van der Waals surface area contributed by atoms with Crippen LogP contribution in [-0.4, -0.2) is 43.2 Å². The van der Waals surface area contributed by atoms with Gasteiger partial charge in [-0.1, -0.05) is 19.1 Å². The van der Waals surface area contributed by atoms with Crippen LogP contribution >= 0.6 is 0 Å². The van der Waals surface area contributed by atoms with Gasteiger partial charge in [-0.15, -0.1) is 5.10 Å². The first-order valence-corrected chi connectivity index (χ1v) is 7.36. The molecule has 1 aliphatic heterocycles. The van der Waals surface area contributed by atoms with Gasteiger partial charge in [0.2, 0.25) is 0 Å². The van der Waals surface area contributed by atoms with E-state index in [-0.39, 0.29) is 6.61 Å². The van der Waals surface area contributed by atoms with Crippen molar-refractivity contribution in [1.29, 1.82) is 0 Å². The number of hydrogen-bond acceptors (Lipinski definition) is 6. The molecule has 0 saturated carbocycles. The van der Waals surface area contributed by atoms with Crippen molar-refractivity contribution in [3.8, 4) is 0 Å². The quantitative estimate of drug-likeness (QED) is 0.874. The van der Waals surface area contributed by atoms with Crippen molar-refractivity contribution < 1.29 is 5.11 Å². The van der Waals surface area contributed by atoms with Crippen LogP contribution in [0, 0.1) is 0 Å². The van der Waals surface area contributed by atoms with Crippen LogP contribution in [0.15, 0.2) is 12.3 Å². The fourth-order valence-electron chi connectivity index (χ4n) is 2.41. The number of aliphatic hydroxyl groups excluding tert-OH is 1. The van der Waals surface area contributed by atoms with E-state index in [2.05, 4.69) is 45.1 Å². The summed E-state index contributed by atoms with van der Waals surface area (Å²) >= 11 is 0. The molecule has 0 unspecified atom stereocenters. The molecule has 3 rings (SSSR count). The zero-order valence-corrected chi connectivity index (χ0v) is 12.4. The molecule has 1 saturated heterocycles. The van der Waals surface area contributed by atoms with Gasteiger partial charge in [0.25, 0.3) is 0 Å². The Labute approximate surface area is 123 Å². The molecule has 0 radical (unpaired) electrons. The minimum absolute atomic E-state index is 0.0674. The van der Waals surface area contributed by atoms with Gasteiger partial charge < -0.3 is 10.0 Å². The molecule has 0 spiro atoms. The minimum Gasteiger partial charge on any atom is -0.390 e. The summed E-state index contributed by atoms with van der Waals surface area (Å²) in [5, 5.41) is 17.0. The second kappa shape index (κ2) is 5.77. The molecule has 2 aromatic rings. The van der Waals surface area contributed by atoms with Crippen molar-refractivity contribution in [3.05, 3.63) is 29.5 Å². The van der Waals surface area contributed by atoms with E-state index in [4.69, 9.17) is 5.11 Å². The highest BCUT2D eigenvalue weighted by atomic mass is 16.3. The Hall–Kier alpha value is -2.02. The summed E-state index contributed by atoms with van der Waals surface area (Å²) in [5.74, 6) is 1.90. The molecule has 1 fully saturated rings. The van der Waals surface area contributed by atoms with Gasteiger partial charge in [-0.3, -0.25) is 0 Å². The first-order valence-electron chi connectivity index (χ1n) is 7.36. The van der Waals surface area contributed by atoms with Crippen LogP contribution in [0.1, 0.15) is 37.1 Å². The largest absolute Gasteiger partial charge is 0.390 e. The Kier molecular flexibility index (Phi) is 3.83. The predicted molar refractivity (Wildman–Crippen MR) is 78.0 cm³/mol. The average molecular weight is 288 g/mol. The maximum absolute atomic E-state index is 9.03. The monoisotopic (exact) mass is 288 g/mol. The number of hydrogen-bond donors (Lipinski definition) is 1. The van der Waals surface area contributed by atoms with Crippen molar-refractivity contribution >= 4 is 5.82 Å². The maximum Gasteiger partial charge on any atom is 0.132 e. The average Bonchev–Trinajstić information content (AvgIpc) is 2.94. The van der Waals surface area contributed by atoms with E-state index in [0.29, 0.717) is 11.7 Å². The molecule has 7 heteroatoms. The van der Waals surface area contributed by atoms with Crippen LogP contribution < -0.4 is 4.90 Å². The van der Waals surface area contributed by atoms with Gasteiger partial charge in [-0.05, 0) is 6.42 Å². The van der Waals surface area contributed by atoms with Crippen LogP contribution in [0.25, 0.3) is 0 Å². The number of aliphatic hydroxyl groups is 1. The molecule has 1 aliphatic rings. The molecule has 3 heterocycles. The zero-order valence-electron chi connectivity index (χ0n) is 12.4. The van der Waals surface area contributed by atoms with Crippen molar-refractivity contribution in [2.75, 3.05) is 18.0 Å². The molecule has 0 amide bonds. The second-order valence-electron chi connectivity index (χ2n) is 5.25. The van der Waals surface area contributed by atoms with E-state index in [1.807, 2.05) is 4.68 Å². The van der Waals surface area contributed by atoms with E-state index in [9.17, 15) is 0 Å². The Morgan fingerprint density at radius 1 is 1.19 bits per heavy atom. The Morgan fingerprint density at radius 2 is 2.00 bits per heavy atom. The molecule has 0 atom stereocenters. The lowest BCUT2D eigenvalue weighted by Gasteiger charge is -2.39. The van der Waals surface area contributed by atoms with Gasteiger partial charge in [0.05, 0.1) is 18.8 Å². The van der Waals surface area contributed by atoms with E-state index in [0.717, 1.165) is 43.3 Å². The molecule has 2 aromatic heterocycles. The Morgan fingerprint density at radius 3 is 2.62 bits per heavy atom. The van der Waals surface area contributed by atoms with Crippen molar-refractivity contribution in [3.63, 3.8) is 0 Å². The van der Waals surface area contributed by atoms with Gasteiger partial charge in [0.1, 0.15) is 17.3 Å². The predicted octanol–water partition coefficient (Wildman–Crippen LogP) is 0.746. The van der Waals surface area contributed by atoms with Crippen LogP contribution in [-0.2, 0) is 19.4 Å². The molecule has 0 aliphatic carbocycles. The highest BCUT2D eigenvalue weighted by Crippen LogP contribution is 2.26. The number of aromatic nitrogens is 5. The number of rotatable bonds is 5. The third-order valence-corrected chi connectivity index (χ3v) is 3.77. The summed E-state index contributed by atoms with van der Waals surface area (Å²) in [4.78, 5) is 11.3. The van der Waals surface area contributed by atoms with Crippen LogP contribution in [0.2, 0.25) is 0 Å².